The fourth-order valence-corrected chi connectivity index (χ4v) is 2.36. The van der Waals surface area contributed by atoms with Crippen molar-refractivity contribution < 1.29 is 9.18 Å². The van der Waals surface area contributed by atoms with Gasteiger partial charge in [0.2, 0.25) is 5.95 Å². The maximum absolute atomic E-state index is 13.2. The van der Waals surface area contributed by atoms with E-state index in [0.29, 0.717) is 12.2 Å². The van der Waals surface area contributed by atoms with E-state index in [1.54, 1.807) is 30.1 Å². The summed E-state index contributed by atoms with van der Waals surface area (Å²) < 4.78 is 13.2. The van der Waals surface area contributed by atoms with Gasteiger partial charge in [0.1, 0.15) is 11.5 Å². The molecule has 0 atom stereocenters. The first kappa shape index (κ1) is 16.6. The van der Waals surface area contributed by atoms with Gasteiger partial charge in [-0.2, -0.15) is 0 Å². The van der Waals surface area contributed by atoms with Crippen LogP contribution in [0, 0.1) is 5.82 Å². The zero-order valence-corrected chi connectivity index (χ0v) is 13.7. The number of rotatable bonds is 5. The first-order chi connectivity index (χ1) is 12.1. The van der Waals surface area contributed by atoms with E-state index in [-0.39, 0.29) is 23.4 Å². The molecule has 25 heavy (non-hydrogen) atoms. The number of carbonyl (C=O) groups excluding carboxylic acids is 1. The molecule has 2 aromatic carbocycles. The van der Waals surface area contributed by atoms with Crippen molar-refractivity contribution >= 4 is 17.5 Å². The Hall–Kier alpha value is -3.28. The average molecular weight is 336 g/mol. The van der Waals surface area contributed by atoms with Gasteiger partial charge < -0.3 is 10.2 Å². The second-order valence-electron chi connectivity index (χ2n) is 5.55. The van der Waals surface area contributed by atoms with Crippen LogP contribution in [0.5, 0.6) is 0 Å². The van der Waals surface area contributed by atoms with Crippen molar-refractivity contribution in [3.8, 4) is 0 Å². The van der Waals surface area contributed by atoms with Gasteiger partial charge in [0.25, 0.3) is 5.91 Å². The fraction of sp³-hybridized carbons (Fsp3) is 0.105. The highest BCUT2D eigenvalue weighted by atomic mass is 19.1. The molecule has 3 aromatic rings. The van der Waals surface area contributed by atoms with E-state index in [1.165, 1.54) is 18.3 Å². The number of carbonyl (C=O) groups is 1. The number of aromatic nitrogens is 2. The van der Waals surface area contributed by atoms with Gasteiger partial charge in [0.05, 0.1) is 0 Å². The van der Waals surface area contributed by atoms with Crippen molar-refractivity contribution in [2.24, 2.45) is 0 Å². The number of hydrogen-bond acceptors (Lipinski definition) is 4. The highest BCUT2D eigenvalue weighted by Crippen LogP contribution is 2.14. The Morgan fingerprint density at radius 1 is 1.12 bits per heavy atom. The van der Waals surface area contributed by atoms with Crippen LogP contribution in [0.3, 0.4) is 0 Å². The Morgan fingerprint density at radius 3 is 2.68 bits per heavy atom. The van der Waals surface area contributed by atoms with Crippen LogP contribution in [0.15, 0.2) is 66.9 Å². The summed E-state index contributed by atoms with van der Waals surface area (Å²) in [4.78, 5) is 22.4. The van der Waals surface area contributed by atoms with E-state index in [4.69, 9.17) is 0 Å². The van der Waals surface area contributed by atoms with Crippen LogP contribution in [0.2, 0.25) is 0 Å². The second kappa shape index (κ2) is 7.53. The molecule has 1 N–H and O–H groups in total. The van der Waals surface area contributed by atoms with Crippen LogP contribution in [0.4, 0.5) is 16.0 Å². The summed E-state index contributed by atoms with van der Waals surface area (Å²) in [6, 6.07) is 17.2. The molecule has 3 rings (SSSR count). The molecule has 0 unspecified atom stereocenters. The first-order valence-electron chi connectivity index (χ1n) is 7.77. The van der Waals surface area contributed by atoms with E-state index in [1.807, 2.05) is 30.3 Å². The highest BCUT2D eigenvalue weighted by Gasteiger charge is 2.14. The predicted molar refractivity (Wildman–Crippen MR) is 94.0 cm³/mol. The summed E-state index contributed by atoms with van der Waals surface area (Å²) in [7, 11) is 1.72. The van der Waals surface area contributed by atoms with Gasteiger partial charge in [-0.15, -0.1) is 0 Å². The third-order valence-electron chi connectivity index (χ3n) is 3.56. The SMILES string of the molecule is CN(Cc1ccccc1)C(=O)c1ccnc(Nc2cccc(F)c2)n1. The Balaban J connectivity index is 1.73. The van der Waals surface area contributed by atoms with E-state index >= 15 is 0 Å². The zero-order chi connectivity index (χ0) is 17.6. The first-order valence-corrected chi connectivity index (χ1v) is 7.77. The van der Waals surface area contributed by atoms with E-state index in [0.717, 1.165) is 5.56 Å². The van der Waals surface area contributed by atoms with Gasteiger partial charge in [-0.1, -0.05) is 36.4 Å². The molecule has 0 aliphatic heterocycles. The van der Waals surface area contributed by atoms with Gasteiger partial charge in [-0.05, 0) is 29.8 Å². The van der Waals surface area contributed by atoms with Gasteiger partial charge >= 0.3 is 0 Å². The van der Waals surface area contributed by atoms with Crippen LogP contribution in [0.1, 0.15) is 16.1 Å². The third kappa shape index (κ3) is 4.38. The summed E-state index contributed by atoms with van der Waals surface area (Å²) >= 11 is 0. The number of amides is 1. The van der Waals surface area contributed by atoms with E-state index < -0.39 is 0 Å². The average Bonchev–Trinajstić information content (AvgIpc) is 2.62. The number of benzene rings is 2. The lowest BCUT2D eigenvalue weighted by molar-refractivity contribution is 0.0779. The minimum Gasteiger partial charge on any atom is -0.336 e. The number of hydrogen-bond donors (Lipinski definition) is 1. The lowest BCUT2D eigenvalue weighted by atomic mass is 10.2. The molecule has 0 saturated heterocycles. The zero-order valence-electron chi connectivity index (χ0n) is 13.7. The topological polar surface area (TPSA) is 58.1 Å². The highest BCUT2D eigenvalue weighted by molar-refractivity contribution is 5.92. The Bertz CT molecular complexity index is 870. The monoisotopic (exact) mass is 336 g/mol. The molecule has 126 valence electrons. The molecular formula is C19H17FN4O. The molecule has 1 amide bonds. The minimum atomic E-state index is -0.361. The Labute approximate surface area is 145 Å². The maximum Gasteiger partial charge on any atom is 0.272 e. The van der Waals surface area contributed by atoms with Gasteiger partial charge in [0, 0.05) is 25.5 Å². The molecule has 6 heteroatoms. The molecule has 0 spiro atoms. The predicted octanol–water partition coefficient (Wildman–Crippen LogP) is 3.63. The van der Waals surface area contributed by atoms with Crippen LogP contribution < -0.4 is 5.32 Å². The van der Waals surface area contributed by atoms with E-state index in [9.17, 15) is 9.18 Å². The molecule has 0 aliphatic rings. The maximum atomic E-state index is 13.2. The van der Waals surface area contributed by atoms with Crippen LogP contribution >= 0.6 is 0 Å². The molecular weight excluding hydrogens is 319 g/mol. The normalized spacial score (nSPS) is 10.3. The Morgan fingerprint density at radius 2 is 1.92 bits per heavy atom. The summed E-state index contributed by atoms with van der Waals surface area (Å²) in [5.74, 6) is -0.335. The molecule has 0 saturated carbocycles. The number of nitrogens with one attached hydrogen (secondary N) is 1. The molecule has 1 heterocycles. The quantitative estimate of drug-likeness (QED) is 0.773. The second-order valence-corrected chi connectivity index (χ2v) is 5.55. The standard InChI is InChI=1S/C19H17FN4O/c1-24(13-14-6-3-2-4-7-14)18(25)17-10-11-21-19(23-17)22-16-9-5-8-15(20)12-16/h2-12H,13H2,1H3,(H,21,22,23). The Kier molecular flexibility index (Phi) is 4.99. The minimum absolute atomic E-state index is 0.214. The largest absolute Gasteiger partial charge is 0.336 e. The van der Waals surface area contributed by atoms with Crippen molar-refractivity contribution in [3.63, 3.8) is 0 Å². The van der Waals surface area contributed by atoms with E-state index in [2.05, 4.69) is 15.3 Å². The lowest BCUT2D eigenvalue weighted by Gasteiger charge is -2.17. The molecule has 0 fully saturated rings. The van der Waals surface area contributed by atoms with Gasteiger partial charge in [-0.25, -0.2) is 14.4 Å². The summed E-state index contributed by atoms with van der Waals surface area (Å²) in [6.45, 7) is 0.482. The van der Waals surface area contributed by atoms with Crippen LogP contribution in [0.25, 0.3) is 0 Å². The third-order valence-corrected chi connectivity index (χ3v) is 3.56. The fourth-order valence-electron chi connectivity index (χ4n) is 2.36. The molecule has 0 aliphatic carbocycles. The number of nitrogens with zero attached hydrogens (tertiary/aromatic N) is 3. The lowest BCUT2D eigenvalue weighted by Crippen LogP contribution is -2.27. The van der Waals surface area contributed by atoms with Gasteiger partial charge in [-0.3, -0.25) is 4.79 Å². The van der Waals surface area contributed by atoms with Crippen molar-refractivity contribution in [3.05, 3.63) is 83.9 Å². The van der Waals surface area contributed by atoms with Gasteiger partial charge in [0.15, 0.2) is 0 Å². The molecule has 1 aromatic heterocycles. The summed E-state index contributed by atoms with van der Waals surface area (Å²) in [5.41, 5.74) is 1.82. The number of halogens is 1. The molecule has 0 radical (unpaired) electrons. The number of anilines is 2. The molecule has 0 bridgehead atoms. The van der Waals surface area contributed by atoms with Crippen molar-refractivity contribution in [1.82, 2.24) is 14.9 Å². The van der Waals surface area contributed by atoms with Crippen molar-refractivity contribution in [1.29, 1.82) is 0 Å². The molecule has 5 nitrogen and oxygen atoms in total. The van der Waals surface area contributed by atoms with Crippen LogP contribution in [-0.2, 0) is 6.54 Å². The van der Waals surface area contributed by atoms with Crippen molar-refractivity contribution in [2.75, 3.05) is 12.4 Å². The van der Waals surface area contributed by atoms with Crippen LogP contribution in [-0.4, -0.2) is 27.8 Å². The smallest absolute Gasteiger partial charge is 0.272 e. The van der Waals surface area contributed by atoms with Crippen molar-refractivity contribution in [2.45, 2.75) is 6.54 Å². The summed E-state index contributed by atoms with van der Waals surface area (Å²) in [5, 5.41) is 2.90. The summed E-state index contributed by atoms with van der Waals surface area (Å²) in [6.07, 6.45) is 1.50.